The molecule has 144 valence electrons. The summed E-state index contributed by atoms with van der Waals surface area (Å²) in [5, 5.41) is 11.3. The van der Waals surface area contributed by atoms with E-state index in [9.17, 15) is 19.7 Å². The Hall–Kier alpha value is -2.15. The lowest BCUT2D eigenvalue weighted by Crippen LogP contribution is -2.07. The van der Waals surface area contributed by atoms with E-state index in [-0.39, 0.29) is 30.2 Å². The largest absolute Gasteiger partial charge is 0.466 e. The molecule has 0 N–H and O–H groups in total. The van der Waals surface area contributed by atoms with Gasteiger partial charge in [-0.05, 0) is 31.4 Å². The summed E-state index contributed by atoms with van der Waals surface area (Å²) in [6.07, 6.45) is 4.31. The van der Waals surface area contributed by atoms with Crippen molar-refractivity contribution in [3.05, 3.63) is 38.9 Å². The van der Waals surface area contributed by atoms with Crippen LogP contribution in [0.3, 0.4) is 0 Å². The van der Waals surface area contributed by atoms with Crippen LogP contribution in [0.4, 0.5) is 5.69 Å². The van der Waals surface area contributed by atoms with Crippen LogP contribution >= 0.6 is 11.6 Å². The number of unbranched alkanes of at least 4 members (excludes halogenated alkanes) is 3. The molecule has 0 atom stereocenters. The number of carbonyl (C=O) groups excluding carboxylic acids is 2. The Balaban J connectivity index is 2.23. The minimum Gasteiger partial charge on any atom is -0.466 e. The molecule has 26 heavy (non-hydrogen) atoms. The first kappa shape index (κ1) is 21.9. The number of halogens is 1. The molecule has 1 aromatic carbocycles. The van der Waals surface area contributed by atoms with Crippen molar-refractivity contribution in [3.63, 3.8) is 0 Å². The van der Waals surface area contributed by atoms with Crippen LogP contribution in [-0.2, 0) is 25.7 Å². The molecular weight excluding hydrogens is 362 g/mol. The van der Waals surface area contributed by atoms with E-state index in [0.29, 0.717) is 37.3 Å². The third-order valence-corrected chi connectivity index (χ3v) is 3.88. The third-order valence-electron chi connectivity index (χ3n) is 3.65. The average Bonchev–Trinajstić information content (AvgIpc) is 2.59. The highest BCUT2D eigenvalue weighted by Gasteiger charge is 2.15. The second kappa shape index (κ2) is 12.2. The molecule has 0 bridgehead atoms. The number of nitro groups is 1. The van der Waals surface area contributed by atoms with Gasteiger partial charge in [0.15, 0.2) is 0 Å². The fraction of sp³-hybridized carbons (Fsp3) is 0.556. The van der Waals surface area contributed by atoms with Gasteiger partial charge >= 0.3 is 11.9 Å². The number of hydrogen-bond donors (Lipinski definition) is 0. The zero-order valence-corrected chi connectivity index (χ0v) is 15.6. The van der Waals surface area contributed by atoms with Crippen molar-refractivity contribution in [2.75, 3.05) is 6.61 Å². The maximum absolute atomic E-state index is 11.7. The Morgan fingerprint density at radius 3 is 2.35 bits per heavy atom. The number of nitro benzene ring substituents is 1. The van der Waals surface area contributed by atoms with Crippen molar-refractivity contribution in [1.29, 1.82) is 0 Å². The van der Waals surface area contributed by atoms with E-state index in [1.807, 2.05) is 6.92 Å². The van der Waals surface area contributed by atoms with E-state index in [1.54, 1.807) is 0 Å². The second-order valence-corrected chi connectivity index (χ2v) is 6.26. The van der Waals surface area contributed by atoms with Crippen molar-refractivity contribution >= 4 is 29.2 Å². The van der Waals surface area contributed by atoms with Gasteiger partial charge in [0.05, 0.1) is 17.1 Å². The molecule has 8 heteroatoms. The zero-order valence-electron chi connectivity index (χ0n) is 14.9. The first-order valence-electron chi connectivity index (χ1n) is 8.68. The standard InChI is InChI=1S/C18H24ClNO6/c1-2-3-11-25-17(21)7-5-4-6-8-18(22)26-13-14-12-15(19)9-10-16(14)20(23)24/h9-10,12H,2-8,11,13H2,1H3. The maximum Gasteiger partial charge on any atom is 0.306 e. The lowest BCUT2D eigenvalue weighted by molar-refractivity contribution is -0.385. The van der Waals surface area contributed by atoms with E-state index in [1.165, 1.54) is 18.2 Å². The topological polar surface area (TPSA) is 95.7 Å². The summed E-state index contributed by atoms with van der Waals surface area (Å²) in [6, 6.07) is 4.11. The van der Waals surface area contributed by atoms with Crippen LogP contribution in [0.1, 0.15) is 57.4 Å². The molecule has 0 radical (unpaired) electrons. The summed E-state index contributed by atoms with van der Waals surface area (Å²) < 4.78 is 10.1. The van der Waals surface area contributed by atoms with Crippen LogP contribution < -0.4 is 0 Å². The molecule has 0 saturated carbocycles. The predicted octanol–water partition coefficient (Wildman–Crippen LogP) is 4.59. The molecule has 0 aliphatic carbocycles. The maximum atomic E-state index is 11.7. The molecule has 0 aliphatic heterocycles. The van der Waals surface area contributed by atoms with Gasteiger partial charge in [0, 0.05) is 23.9 Å². The SMILES string of the molecule is CCCCOC(=O)CCCCCC(=O)OCc1cc(Cl)ccc1[N+](=O)[O-]. The quantitative estimate of drug-likeness (QED) is 0.226. The smallest absolute Gasteiger partial charge is 0.306 e. The fourth-order valence-electron chi connectivity index (χ4n) is 2.20. The Kier molecular flexibility index (Phi) is 10.3. The number of rotatable bonds is 12. The number of ether oxygens (including phenoxy) is 2. The fourth-order valence-corrected chi connectivity index (χ4v) is 2.39. The van der Waals surface area contributed by atoms with Gasteiger partial charge < -0.3 is 9.47 Å². The molecule has 0 saturated heterocycles. The third kappa shape index (κ3) is 8.80. The van der Waals surface area contributed by atoms with Crippen molar-refractivity contribution in [3.8, 4) is 0 Å². The molecule has 0 unspecified atom stereocenters. The van der Waals surface area contributed by atoms with Crippen LogP contribution in [0, 0.1) is 10.1 Å². The molecular formula is C18H24ClNO6. The number of hydrogen-bond acceptors (Lipinski definition) is 6. The minimum atomic E-state index is -0.543. The highest BCUT2D eigenvalue weighted by molar-refractivity contribution is 6.30. The molecule has 0 fully saturated rings. The first-order chi connectivity index (χ1) is 12.4. The van der Waals surface area contributed by atoms with Crippen LogP contribution in [0.2, 0.25) is 5.02 Å². The number of carbonyl (C=O) groups is 2. The van der Waals surface area contributed by atoms with Crippen LogP contribution in [-0.4, -0.2) is 23.5 Å². The molecule has 1 aromatic rings. The van der Waals surface area contributed by atoms with Gasteiger partial charge in [0.25, 0.3) is 5.69 Å². The molecule has 0 aliphatic rings. The van der Waals surface area contributed by atoms with E-state index in [0.717, 1.165) is 12.8 Å². The van der Waals surface area contributed by atoms with Crippen molar-refractivity contribution < 1.29 is 24.0 Å². The summed E-state index contributed by atoms with van der Waals surface area (Å²) in [6.45, 7) is 2.29. The molecule has 7 nitrogen and oxygen atoms in total. The lowest BCUT2D eigenvalue weighted by Gasteiger charge is -2.06. The summed E-state index contributed by atoms with van der Waals surface area (Å²) >= 11 is 5.82. The average molecular weight is 386 g/mol. The van der Waals surface area contributed by atoms with Crippen molar-refractivity contribution in [2.24, 2.45) is 0 Å². The molecule has 0 spiro atoms. The van der Waals surface area contributed by atoms with Crippen molar-refractivity contribution in [2.45, 2.75) is 58.5 Å². The number of benzene rings is 1. The summed E-state index contributed by atoms with van der Waals surface area (Å²) in [5.74, 6) is -0.654. The zero-order chi connectivity index (χ0) is 19.4. The molecule has 0 amide bonds. The molecule has 0 heterocycles. The highest BCUT2D eigenvalue weighted by Crippen LogP contribution is 2.23. The monoisotopic (exact) mass is 385 g/mol. The second-order valence-electron chi connectivity index (χ2n) is 5.83. The number of esters is 2. The van der Waals surface area contributed by atoms with E-state index in [2.05, 4.69) is 0 Å². The van der Waals surface area contributed by atoms with Gasteiger partial charge in [-0.2, -0.15) is 0 Å². The van der Waals surface area contributed by atoms with E-state index in [4.69, 9.17) is 21.1 Å². The van der Waals surface area contributed by atoms with E-state index >= 15 is 0 Å². The van der Waals surface area contributed by atoms with Crippen molar-refractivity contribution in [1.82, 2.24) is 0 Å². The van der Waals surface area contributed by atoms with Crippen LogP contribution in [0.15, 0.2) is 18.2 Å². The van der Waals surface area contributed by atoms with Gasteiger partial charge in [-0.3, -0.25) is 19.7 Å². The predicted molar refractivity (Wildman–Crippen MR) is 96.9 cm³/mol. The Labute approximate surface area is 157 Å². The Bertz CT molecular complexity index is 620. The summed E-state index contributed by atoms with van der Waals surface area (Å²) in [7, 11) is 0. The van der Waals surface area contributed by atoms with E-state index < -0.39 is 10.9 Å². The van der Waals surface area contributed by atoms with Crippen LogP contribution in [0.25, 0.3) is 0 Å². The molecule has 1 rings (SSSR count). The Morgan fingerprint density at radius 2 is 1.73 bits per heavy atom. The van der Waals surface area contributed by atoms with Crippen LogP contribution in [0.5, 0.6) is 0 Å². The minimum absolute atomic E-state index is 0.135. The molecule has 0 aromatic heterocycles. The highest BCUT2D eigenvalue weighted by atomic mass is 35.5. The summed E-state index contributed by atoms with van der Waals surface area (Å²) in [5.41, 5.74) is 0.120. The normalized spacial score (nSPS) is 10.4. The van der Waals surface area contributed by atoms with Gasteiger partial charge in [-0.15, -0.1) is 0 Å². The number of nitrogens with zero attached hydrogens (tertiary/aromatic N) is 1. The van der Waals surface area contributed by atoms with Gasteiger partial charge in [-0.25, -0.2) is 0 Å². The Morgan fingerprint density at radius 1 is 1.08 bits per heavy atom. The van der Waals surface area contributed by atoms with Gasteiger partial charge in [-0.1, -0.05) is 31.4 Å². The first-order valence-corrected chi connectivity index (χ1v) is 9.06. The lowest BCUT2D eigenvalue weighted by atomic mass is 10.1. The van der Waals surface area contributed by atoms with Gasteiger partial charge in [0.1, 0.15) is 6.61 Å². The summed E-state index contributed by atoms with van der Waals surface area (Å²) in [4.78, 5) is 33.5. The van der Waals surface area contributed by atoms with Gasteiger partial charge in [0.2, 0.25) is 0 Å².